The average molecular weight is 122 g/mol. The normalized spacial score (nSPS) is 46.0. The minimum atomic E-state index is 0.392. The van der Waals surface area contributed by atoms with E-state index in [1.807, 2.05) is 0 Å². The molecule has 0 N–H and O–H groups in total. The zero-order valence-corrected chi connectivity index (χ0v) is 5.29. The Hall–Kier alpha value is -0.590. The lowest BCUT2D eigenvalue weighted by Crippen LogP contribution is -1.84. The van der Waals surface area contributed by atoms with Crippen LogP contribution in [0.25, 0.3) is 0 Å². The van der Waals surface area contributed by atoms with E-state index in [4.69, 9.17) is 0 Å². The minimum Gasteiger partial charge on any atom is -0.303 e. The van der Waals surface area contributed by atoms with E-state index >= 15 is 0 Å². The van der Waals surface area contributed by atoms with E-state index in [1.165, 1.54) is 12.8 Å². The first-order chi connectivity index (χ1) is 4.43. The number of hydrogen-bond donors (Lipinski definition) is 0. The summed E-state index contributed by atoms with van der Waals surface area (Å²) in [4.78, 5) is 10.3. The van der Waals surface area contributed by atoms with Gasteiger partial charge in [-0.25, -0.2) is 0 Å². The van der Waals surface area contributed by atoms with Gasteiger partial charge in [0, 0.05) is 5.92 Å². The molecule has 0 aromatic carbocycles. The number of carbonyl (C=O) groups excluding carboxylic acids is 1. The summed E-state index contributed by atoms with van der Waals surface area (Å²) in [6.07, 6.45) is 7.94. The van der Waals surface area contributed by atoms with Crippen molar-refractivity contribution in [3.8, 4) is 0 Å². The number of carbonyl (C=O) groups is 1. The molecule has 0 saturated heterocycles. The van der Waals surface area contributed by atoms with Crippen LogP contribution in [0.3, 0.4) is 0 Å². The Morgan fingerprint density at radius 2 is 2.44 bits per heavy atom. The van der Waals surface area contributed by atoms with Crippen LogP contribution >= 0.6 is 0 Å². The fourth-order valence-electron chi connectivity index (χ4n) is 1.82. The van der Waals surface area contributed by atoms with Crippen molar-refractivity contribution in [3.63, 3.8) is 0 Å². The smallest absolute Gasteiger partial charge is 0.123 e. The van der Waals surface area contributed by atoms with E-state index in [2.05, 4.69) is 12.2 Å². The third kappa shape index (κ3) is 0.640. The molecule has 3 atom stereocenters. The summed E-state index contributed by atoms with van der Waals surface area (Å²) in [5, 5.41) is 0. The zero-order valence-electron chi connectivity index (χ0n) is 5.29. The van der Waals surface area contributed by atoms with Crippen LogP contribution in [0, 0.1) is 17.8 Å². The van der Waals surface area contributed by atoms with Crippen molar-refractivity contribution in [1.82, 2.24) is 0 Å². The molecule has 0 radical (unpaired) electrons. The highest BCUT2D eigenvalue weighted by molar-refractivity contribution is 5.60. The lowest BCUT2D eigenvalue weighted by molar-refractivity contribution is -0.109. The fraction of sp³-hybridized carbons (Fsp3) is 0.625. The standard InChI is InChI=1S/C8H10O/c9-5-8-6-3-1-2-4-7(6)8/h1,3,5-8H,2,4H2/t6-,7+,8-/m0/s1. The van der Waals surface area contributed by atoms with Gasteiger partial charge in [-0.15, -0.1) is 0 Å². The average Bonchev–Trinajstić information content (AvgIpc) is 2.60. The molecular formula is C8H10O. The lowest BCUT2D eigenvalue weighted by Gasteiger charge is -1.96. The van der Waals surface area contributed by atoms with Crippen LogP contribution in [0.15, 0.2) is 12.2 Å². The number of hydrogen-bond acceptors (Lipinski definition) is 1. The molecule has 2 aliphatic rings. The molecule has 0 amide bonds. The third-order valence-corrected chi connectivity index (χ3v) is 2.47. The molecule has 2 aliphatic carbocycles. The Bertz CT molecular complexity index is 160. The van der Waals surface area contributed by atoms with Crippen LogP contribution in [0.5, 0.6) is 0 Å². The van der Waals surface area contributed by atoms with Gasteiger partial charge in [0.05, 0.1) is 0 Å². The van der Waals surface area contributed by atoms with Crippen molar-refractivity contribution in [1.29, 1.82) is 0 Å². The van der Waals surface area contributed by atoms with Crippen LogP contribution in [0.2, 0.25) is 0 Å². The van der Waals surface area contributed by atoms with E-state index in [9.17, 15) is 4.79 Å². The maximum Gasteiger partial charge on any atom is 0.123 e. The summed E-state index contributed by atoms with van der Waals surface area (Å²) in [5.74, 6) is 1.76. The van der Waals surface area contributed by atoms with Crippen LogP contribution in [-0.4, -0.2) is 6.29 Å². The Balaban J connectivity index is 2.09. The van der Waals surface area contributed by atoms with E-state index in [0.29, 0.717) is 11.8 Å². The molecule has 0 bridgehead atoms. The molecule has 0 spiro atoms. The van der Waals surface area contributed by atoms with Gasteiger partial charge in [0.15, 0.2) is 0 Å². The molecule has 0 aromatic heterocycles. The van der Waals surface area contributed by atoms with Gasteiger partial charge in [0.2, 0.25) is 0 Å². The second-order valence-electron chi connectivity index (χ2n) is 2.96. The van der Waals surface area contributed by atoms with Gasteiger partial charge in [-0.2, -0.15) is 0 Å². The maximum absolute atomic E-state index is 10.3. The van der Waals surface area contributed by atoms with Crippen molar-refractivity contribution in [2.24, 2.45) is 17.8 Å². The zero-order chi connectivity index (χ0) is 6.27. The Morgan fingerprint density at radius 3 is 3.00 bits per heavy atom. The highest BCUT2D eigenvalue weighted by atomic mass is 16.1. The Morgan fingerprint density at radius 1 is 1.56 bits per heavy atom. The highest BCUT2D eigenvalue weighted by Crippen LogP contribution is 2.50. The molecule has 1 fully saturated rings. The predicted octanol–water partition coefficient (Wildman–Crippen LogP) is 1.40. The monoisotopic (exact) mass is 122 g/mol. The van der Waals surface area contributed by atoms with E-state index in [-0.39, 0.29) is 0 Å². The topological polar surface area (TPSA) is 17.1 Å². The van der Waals surface area contributed by atoms with Crippen molar-refractivity contribution in [3.05, 3.63) is 12.2 Å². The van der Waals surface area contributed by atoms with Crippen LogP contribution in [0.1, 0.15) is 12.8 Å². The predicted molar refractivity (Wildman–Crippen MR) is 34.9 cm³/mol. The molecule has 0 aromatic rings. The number of allylic oxidation sites excluding steroid dienone is 2. The first-order valence-electron chi connectivity index (χ1n) is 3.55. The van der Waals surface area contributed by atoms with Gasteiger partial charge in [-0.1, -0.05) is 12.2 Å². The molecule has 9 heavy (non-hydrogen) atoms. The van der Waals surface area contributed by atoms with E-state index < -0.39 is 0 Å². The van der Waals surface area contributed by atoms with Crippen molar-refractivity contribution in [2.45, 2.75) is 12.8 Å². The molecule has 1 saturated carbocycles. The van der Waals surface area contributed by atoms with Crippen molar-refractivity contribution in [2.75, 3.05) is 0 Å². The minimum absolute atomic E-state index is 0.392. The maximum atomic E-state index is 10.3. The number of fused-ring (bicyclic) bond motifs is 1. The summed E-state index contributed by atoms with van der Waals surface area (Å²) in [6.45, 7) is 0. The Kier molecular flexibility index (Phi) is 0.981. The lowest BCUT2D eigenvalue weighted by atomic mass is 10.1. The second kappa shape index (κ2) is 1.69. The molecule has 0 aliphatic heterocycles. The highest BCUT2D eigenvalue weighted by Gasteiger charge is 2.48. The summed E-state index contributed by atoms with van der Waals surface area (Å²) in [5.41, 5.74) is 0. The third-order valence-electron chi connectivity index (χ3n) is 2.47. The van der Waals surface area contributed by atoms with Crippen LogP contribution in [-0.2, 0) is 4.79 Å². The molecular weight excluding hydrogens is 112 g/mol. The molecule has 0 unspecified atom stereocenters. The number of rotatable bonds is 1. The summed E-state index contributed by atoms with van der Waals surface area (Å²) >= 11 is 0. The molecule has 48 valence electrons. The van der Waals surface area contributed by atoms with E-state index in [1.54, 1.807) is 0 Å². The van der Waals surface area contributed by atoms with E-state index in [0.717, 1.165) is 12.2 Å². The fourth-order valence-corrected chi connectivity index (χ4v) is 1.82. The Labute approximate surface area is 54.8 Å². The first-order valence-corrected chi connectivity index (χ1v) is 3.55. The van der Waals surface area contributed by atoms with Gasteiger partial charge >= 0.3 is 0 Å². The molecule has 2 rings (SSSR count). The first kappa shape index (κ1) is 5.21. The van der Waals surface area contributed by atoms with Gasteiger partial charge < -0.3 is 4.79 Å². The molecule has 1 nitrogen and oxygen atoms in total. The SMILES string of the molecule is O=C[C@H]1[C@H]2C=CCC[C@H]21. The molecule has 1 heteroatoms. The van der Waals surface area contributed by atoms with Gasteiger partial charge in [0.25, 0.3) is 0 Å². The quantitative estimate of drug-likeness (QED) is 0.379. The second-order valence-corrected chi connectivity index (χ2v) is 2.96. The van der Waals surface area contributed by atoms with Gasteiger partial charge in [-0.05, 0) is 24.7 Å². The summed E-state index contributed by atoms with van der Waals surface area (Å²) in [7, 11) is 0. The van der Waals surface area contributed by atoms with Gasteiger partial charge in [0.1, 0.15) is 6.29 Å². The summed E-state index contributed by atoms with van der Waals surface area (Å²) in [6, 6.07) is 0. The van der Waals surface area contributed by atoms with Crippen LogP contribution < -0.4 is 0 Å². The number of aldehydes is 1. The van der Waals surface area contributed by atoms with Crippen molar-refractivity contribution < 1.29 is 4.79 Å². The van der Waals surface area contributed by atoms with Crippen molar-refractivity contribution >= 4 is 6.29 Å². The van der Waals surface area contributed by atoms with Crippen LogP contribution in [0.4, 0.5) is 0 Å². The largest absolute Gasteiger partial charge is 0.303 e. The van der Waals surface area contributed by atoms with Gasteiger partial charge in [-0.3, -0.25) is 0 Å². The summed E-state index contributed by atoms with van der Waals surface area (Å²) < 4.78 is 0. The molecule has 0 heterocycles.